The van der Waals surface area contributed by atoms with Crippen molar-refractivity contribution in [1.82, 2.24) is 4.90 Å². The lowest BCUT2D eigenvalue weighted by molar-refractivity contribution is -0.122. The number of hydrogen-bond acceptors (Lipinski definition) is 3. The van der Waals surface area contributed by atoms with E-state index in [2.05, 4.69) is 5.92 Å². The van der Waals surface area contributed by atoms with Crippen molar-refractivity contribution in [3.8, 4) is 12.3 Å². The van der Waals surface area contributed by atoms with Crippen molar-refractivity contribution < 1.29 is 9.90 Å². The van der Waals surface area contributed by atoms with Crippen LogP contribution in [-0.2, 0) is 4.79 Å². The van der Waals surface area contributed by atoms with Crippen molar-refractivity contribution in [2.45, 2.75) is 31.5 Å². The van der Waals surface area contributed by atoms with Crippen LogP contribution in [0.1, 0.15) is 30.5 Å². The van der Waals surface area contributed by atoms with Gasteiger partial charge in [0.2, 0.25) is 5.91 Å². The average molecular weight is 293 g/mol. The number of carbonyl (C=O) groups excluding carboxylic acids is 1. The second kappa shape index (κ2) is 5.84. The first-order valence-corrected chi connectivity index (χ1v) is 6.81. The van der Waals surface area contributed by atoms with E-state index in [0.29, 0.717) is 23.6 Å². The Kier molecular flexibility index (Phi) is 4.34. The molecule has 1 aliphatic heterocycles. The fourth-order valence-corrected chi connectivity index (χ4v) is 3.02. The summed E-state index contributed by atoms with van der Waals surface area (Å²) in [5.74, 6) is 2.10. The molecule has 1 heterocycles. The van der Waals surface area contributed by atoms with Gasteiger partial charge in [-0.2, -0.15) is 0 Å². The number of primary amides is 1. The maximum absolute atomic E-state index is 11.5. The molecule has 1 fully saturated rings. The highest BCUT2D eigenvalue weighted by atomic mass is 35.5. The highest BCUT2D eigenvalue weighted by molar-refractivity contribution is 6.31. The summed E-state index contributed by atoms with van der Waals surface area (Å²) in [7, 11) is 0. The standard InChI is InChI=1S/C15H17ClN2O2/c1-3-10-4-5-12(13(16)6-10)9(2)18-8-11(19)7-14(18)15(17)20/h1,4-6,9,11,14,19H,7-8H2,2H3,(H2,17,20)/t9-,11?,14?/m1/s1. The molecule has 106 valence electrons. The number of aliphatic hydroxyl groups is 1. The first-order chi connectivity index (χ1) is 9.43. The molecule has 20 heavy (non-hydrogen) atoms. The summed E-state index contributed by atoms with van der Waals surface area (Å²) in [6.45, 7) is 2.34. The minimum Gasteiger partial charge on any atom is -0.392 e. The van der Waals surface area contributed by atoms with Crippen molar-refractivity contribution in [3.05, 3.63) is 34.3 Å². The van der Waals surface area contributed by atoms with Crippen LogP contribution in [0.5, 0.6) is 0 Å². The molecule has 3 atom stereocenters. The zero-order valence-corrected chi connectivity index (χ0v) is 12.0. The van der Waals surface area contributed by atoms with Crippen LogP contribution in [0.2, 0.25) is 5.02 Å². The topological polar surface area (TPSA) is 66.6 Å². The van der Waals surface area contributed by atoms with Crippen LogP contribution in [0.15, 0.2) is 18.2 Å². The Balaban J connectivity index is 2.29. The molecule has 1 amide bonds. The summed E-state index contributed by atoms with van der Waals surface area (Å²) in [4.78, 5) is 13.4. The Morgan fingerprint density at radius 2 is 2.35 bits per heavy atom. The smallest absolute Gasteiger partial charge is 0.234 e. The first-order valence-electron chi connectivity index (χ1n) is 6.43. The SMILES string of the molecule is C#Cc1ccc([C@@H](C)N2CC(O)CC2C(N)=O)c(Cl)c1. The lowest BCUT2D eigenvalue weighted by Crippen LogP contribution is -2.41. The van der Waals surface area contributed by atoms with Gasteiger partial charge in [-0.1, -0.05) is 23.6 Å². The normalized spacial score (nSPS) is 24.3. The van der Waals surface area contributed by atoms with Crippen LogP contribution < -0.4 is 5.73 Å². The zero-order chi connectivity index (χ0) is 14.9. The monoisotopic (exact) mass is 292 g/mol. The Hall–Kier alpha value is -1.54. The number of terminal acetylenes is 1. The van der Waals surface area contributed by atoms with E-state index in [-0.39, 0.29) is 6.04 Å². The van der Waals surface area contributed by atoms with Crippen LogP contribution in [0.4, 0.5) is 0 Å². The minimum atomic E-state index is -0.543. The fraction of sp³-hybridized carbons (Fsp3) is 0.400. The second-order valence-electron chi connectivity index (χ2n) is 5.06. The van der Waals surface area contributed by atoms with Gasteiger partial charge < -0.3 is 10.8 Å². The maximum atomic E-state index is 11.5. The van der Waals surface area contributed by atoms with Crippen LogP contribution in [0.25, 0.3) is 0 Å². The van der Waals surface area contributed by atoms with Gasteiger partial charge in [-0.25, -0.2) is 0 Å². The Morgan fingerprint density at radius 3 is 2.90 bits per heavy atom. The van der Waals surface area contributed by atoms with Gasteiger partial charge in [-0.15, -0.1) is 6.42 Å². The summed E-state index contributed by atoms with van der Waals surface area (Å²) >= 11 is 6.24. The van der Waals surface area contributed by atoms with E-state index in [4.69, 9.17) is 23.8 Å². The number of aliphatic hydroxyl groups excluding tert-OH is 1. The number of amides is 1. The maximum Gasteiger partial charge on any atom is 0.234 e. The lowest BCUT2D eigenvalue weighted by Gasteiger charge is -2.29. The van der Waals surface area contributed by atoms with Crippen LogP contribution in [-0.4, -0.2) is 34.6 Å². The van der Waals surface area contributed by atoms with Gasteiger partial charge in [0.1, 0.15) is 0 Å². The number of nitrogens with zero attached hydrogens (tertiary/aromatic N) is 1. The highest BCUT2D eigenvalue weighted by Gasteiger charge is 2.38. The second-order valence-corrected chi connectivity index (χ2v) is 5.47. The van der Waals surface area contributed by atoms with Gasteiger partial charge in [0.15, 0.2) is 0 Å². The Bertz CT molecular complexity index is 567. The van der Waals surface area contributed by atoms with E-state index in [9.17, 15) is 9.90 Å². The predicted octanol–water partition coefficient (Wildman–Crippen LogP) is 1.30. The van der Waals surface area contributed by atoms with Gasteiger partial charge in [-0.05, 0) is 31.0 Å². The van der Waals surface area contributed by atoms with Crippen LogP contribution >= 0.6 is 11.6 Å². The Labute approximate surface area is 123 Å². The fourth-order valence-electron chi connectivity index (χ4n) is 2.68. The van der Waals surface area contributed by atoms with Crippen molar-refractivity contribution in [2.75, 3.05) is 6.54 Å². The first kappa shape index (κ1) is 14.9. The third kappa shape index (κ3) is 2.80. The molecule has 2 unspecified atom stereocenters. The molecule has 0 saturated carbocycles. The van der Waals surface area contributed by atoms with Gasteiger partial charge in [0.05, 0.1) is 12.1 Å². The molecule has 1 aliphatic rings. The number of β-amino-alcohol motifs (C(OH)–C–C–N with tert-alkyl or cyclic N) is 1. The molecule has 5 heteroatoms. The number of likely N-dealkylation sites (tertiary alicyclic amines) is 1. The number of halogens is 1. The summed E-state index contributed by atoms with van der Waals surface area (Å²) in [6, 6.07) is 4.79. The molecule has 2 rings (SSSR count). The number of nitrogens with two attached hydrogens (primary N) is 1. The quantitative estimate of drug-likeness (QED) is 0.825. The largest absolute Gasteiger partial charge is 0.392 e. The van der Waals surface area contributed by atoms with Crippen molar-refractivity contribution >= 4 is 17.5 Å². The van der Waals surface area contributed by atoms with Crippen LogP contribution in [0.3, 0.4) is 0 Å². The third-order valence-electron chi connectivity index (χ3n) is 3.76. The molecular weight excluding hydrogens is 276 g/mol. The van der Waals surface area contributed by atoms with E-state index in [1.165, 1.54) is 0 Å². The number of benzene rings is 1. The summed E-state index contributed by atoms with van der Waals surface area (Å²) in [5, 5.41) is 10.3. The molecule has 4 nitrogen and oxygen atoms in total. The molecule has 1 aromatic carbocycles. The predicted molar refractivity (Wildman–Crippen MR) is 78.1 cm³/mol. The average Bonchev–Trinajstić information content (AvgIpc) is 2.80. The Morgan fingerprint density at radius 1 is 1.65 bits per heavy atom. The van der Waals surface area contributed by atoms with Gasteiger partial charge in [-0.3, -0.25) is 9.69 Å². The summed E-state index contributed by atoms with van der Waals surface area (Å²) in [6.07, 6.45) is 5.15. The van der Waals surface area contributed by atoms with E-state index in [1.807, 2.05) is 24.0 Å². The highest BCUT2D eigenvalue weighted by Crippen LogP contribution is 2.33. The number of rotatable bonds is 3. The molecule has 1 saturated heterocycles. The van der Waals surface area contributed by atoms with E-state index in [1.54, 1.807) is 6.07 Å². The molecule has 0 spiro atoms. The molecule has 1 aromatic rings. The van der Waals surface area contributed by atoms with E-state index < -0.39 is 18.1 Å². The number of hydrogen-bond donors (Lipinski definition) is 2. The molecule has 3 N–H and O–H groups in total. The van der Waals surface area contributed by atoms with Gasteiger partial charge in [0.25, 0.3) is 0 Å². The van der Waals surface area contributed by atoms with Crippen molar-refractivity contribution in [2.24, 2.45) is 5.73 Å². The number of carbonyl (C=O) groups is 1. The summed E-state index contributed by atoms with van der Waals surface area (Å²) in [5.41, 5.74) is 6.97. The molecule has 0 bridgehead atoms. The lowest BCUT2D eigenvalue weighted by atomic mass is 10.0. The zero-order valence-electron chi connectivity index (χ0n) is 11.2. The summed E-state index contributed by atoms with van der Waals surface area (Å²) < 4.78 is 0. The minimum absolute atomic E-state index is 0.121. The third-order valence-corrected chi connectivity index (χ3v) is 4.09. The van der Waals surface area contributed by atoms with E-state index in [0.717, 1.165) is 5.56 Å². The molecule has 0 aliphatic carbocycles. The van der Waals surface area contributed by atoms with Gasteiger partial charge >= 0.3 is 0 Å². The van der Waals surface area contributed by atoms with E-state index >= 15 is 0 Å². The van der Waals surface area contributed by atoms with Crippen LogP contribution in [0, 0.1) is 12.3 Å². The van der Waals surface area contributed by atoms with Gasteiger partial charge in [0, 0.05) is 23.2 Å². The molecule has 0 radical (unpaired) electrons. The van der Waals surface area contributed by atoms with Crippen molar-refractivity contribution in [3.63, 3.8) is 0 Å². The molecule has 0 aromatic heterocycles. The van der Waals surface area contributed by atoms with Crippen molar-refractivity contribution in [1.29, 1.82) is 0 Å². The molecular formula is C15H17ClN2O2.